The van der Waals surface area contributed by atoms with Crippen molar-refractivity contribution in [2.45, 2.75) is 39.8 Å². The summed E-state index contributed by atoms with van der Waals surface area (Å²) in [6.45, 7) is 7.17. The minimum atomic E-state index is -0.112. The molecule has 1 heterocycles. The number of aryl methyl sites for hydroxylation is 2. The number of H-pyrrole nitrogens is 1. The van der Waals surface area contributed by atoms with Gasteiger partial charge in [0, 0.05) is 24.2 Å². The molecule has 6 heteroatoms. The third-order valence-corrected chi connectivity index (χ3v) is 5.79. The largest absolute Gasteiger partial charge is 0.396 e. The Morgan fingerprint density at radius 2 is 1.87 bits per heavy atom. The number of nitrogens with zero attached hydrogens (tertiary/aromatic N) is 1. The molecule has 0 aliphatic heterocycles. The van der Waals surface area contributed by atoms with E-state index in [1.165, 1.54) is 5.56 Å². The number of fused-ring (bicyclic) bond motifs is 1. The Labute approximate surface area is 182 Å². The Hall–Kier alpha value is -2.70. The number of nitrogens with one attached hydrogen (secondary N) is 2. The number of thiocarbonyl (C=S) groups is 1. The Morgan fingerprint density at radius 3 is 2.57 bits per heavy atom. The predicted octanol–water partition coefficient (Wildman–Crippen LogP) is 3.97. The highest BCUT2D eigenvalue weighted by molar-refractivity contribution is 7.80. The van der Waals surface area contributed by atoms with Gasteiger partial charge in [-0.1, -0.05) is 30.3 Å². The van der Waals surface area contributed by atoms with Crippen LogP contribution in [0.5, 0.6) is 0 Å². The normalized spacial score (nSPS) is 12.0. The quantitative estimate of drug-likeness (QED) is 0.502. The van der Waals surface area contributed by atoms with Gasteiger partial charge in [0.05, 0.1) is 12.6 Å². The fourth-order valence-corrected chi connectivity index (χ4v) is 3.79. The first-order valence-electron chi connectivity index (χ1n) is 10.2. The smallest absolute Gasteiger partial charge is 0.253 e. The Bertz CT molecular complexity index is 1080. The van der Waals surface area contributed by atoms with E-state index < -0.39 is 0 Å². The lowest BCUT2D eigenvalue weighted by molar-refractivity contribution is 0.263. The highest BCUT2D eigenvalue weighted by Gasteiger charge is 2.16. The molecule has 1 atom stereocenters. The lowest BCUT2D eigenvalue weighted by atomic mass is 10.0. The van der Waals surface area contributed by atoms with Crippen LogP contribution in [0.3, 0.4) is 0 Å². The van der Waals surface area contributed by atoms with Crippen molar-refractivity contribution in [1.82, 2.24) is 15.2 Å². The van der Waals surface area contributed by atoms with Gasteiger partial charge in [0.25, 0.3) is 5.56 Å². The van der Waals surface area contributed by atoms with Crippen LogP contribution in [-0.4, -0.2) is 33.3 Å². The van der Waals surface area contributed by atoms with Gasteiger partial charge in [0.2, 0.25) is 0 Å². The molecule has 0 bridgehead atoms. The first-order valence-corrected chi connectivity index (χ1v) is 10.6. The van der Waals surface area contributed by atoms with Crippen molar-refractivity contribution in [1.29, 1.82) is 0 Å². The SMILES string of the molecule is Cc1cc2cc(CN(CCCO)C(=S)N[C@H](C)c3ccccc3)c(=O)[nH]c2cc1C. The number of hydrogen-bond donors (Lipinski definition) is 3. The van der Waals surface area contributed by atoms with Crippen LogP contribution in [0, 0.1) is 13.8 Å². The minimum absolute atomic E-state index is 0.0378. The molecule has 30 heavy (non-hydrogen) atoms. The molecule has 5 nitrogen and oxygen atoms in total. The van der Waals surface area contributed by atoms with Crippen LogP contribution < -0.4 is 10.9 Å². The maximum atomic E-state index is 12.7. The molecule has 2 aromatic carbocycles. The molecule has 0 spiro atoms. The summed E-state index contributed by atoms with van der Waals surface area (Å²) in [6, 6.07) is 16.2. The number of aromatic nitrogens is 1. The number of aliphatic hydroxyl groups excluding tert-OH is 1. The molecular formula is C24H29N3O2S. The lowest BCUT2D eigenvalue weighted by Crippen LogP contribution is -2.42. The highest BCUT2D eigenvalue weighted by Crippen LogP contribution is 2.18. The first-order chi connectivity index (χ1) is 14.4. The van der Waals surface area contributed by atoms with Gasteiger partial charge < -0.3 is 20.3 Å². The molecule has 3 rings (SSSR count). The first kappa shape index (κ1) is 22.0. The topological polar surface area (TPSA) is 68.4 Å². The summed E-state index contributed by atoms with van der Waals surface area (Å²) >= 11 is 5.66. The molecule has 0 aliphatic rings. The highest BCUT2D eigenvalue weighted by atomic mass is 32.1. The summed E-state index contributed by atoms with van der Waals surface area (Å²) in [7, 11) is 0. The van der Waals surface area contributed by atoms with Gasteiger partial charge in [-0.25, -0.2) is 0 Å². The lowest BCUT2D eigenvalue weighted by Gasteiger charge is -2.28. The monoisotopic (exact) mass is 423 g/mol. The molecule has 0 unspecified atom stereocenters. The van der Waals surface area contributed by atoms with Crippen molar-refractivity contribution in [3.8, 4) is 0 Å². The number of benzene rings is 2. The molecular weight excluding hydrogens is 394 g/mol. The van der Waals surface area contributed by atoms with Crippen LogP contribution in [-0.2, 0) is 6.54 Å². The Morgan fingerprint density at radius 1 is 1.17 bits per heavy atom. The van der Waals surface area contributed by atoms with Gasteiger partial charge in [0.1, 0.15) is 0 Å². The number of rotatable bonds is 7. The van der Waals surface area contributed by atoms with Gasteiger partial charge in [0.15, 0.2) is 5.11 Å². The molecule has 0 radical (unpaired) electrons. The van der Waals surface area contributed by atoms with Crippen LogP contribution in [0.2, 0.25) is 0 Å². The van der Waals surface area contributed by atoms with E-state index in [4.69, 9.17) is 12.2 Å². The zero-order valence-corrected chi connectivity index (χ0v) is 18.6. The van der Waals surface area contributed by atoms with Crippen LogP contribution in [0.15, 0.2) is 53.3 Å². The molecule has 0 amide bonds. The average Bonchev–Trinajstić information content (AvgIpc) is 2.73. The molecule has 0 aliphatic carbocycles. The van der Waals surface area contributed by atoms with Crippen molar-refractivity contribution >= 4 is 28.2 Å². The maximum absolute atomic E-state index is 12.7. The predicted molar refractivity (Wildman–Crippen MR) is 127 cm³/mol. The van der Waals surface area contributed by atoms with E-state index in [9.17, 15) is 9.90 Å². The third kappa shape index (κ3) is 5.26. The Balaban J connectivity index is 1.83. The average molecular weight is 424 g/mol. The maximum Gasteiger partial charge on any atom is 0.253 e. The van der Waals surface area contributed by atoms with Crippen molar-refractivity contribution in [3.05, 3.63) is 81.1 Å². The van der Waals surface area contributed by atoms with Gasteiger partial charge in [-0.2, -0.15) is 0 Å². The van der Waals surface area contributed by atoms with Crippen molar-refractivity contribution in [2.24, 2.45) is 0 Å². The van der Waals surface area contributed by atoms with Crippen molar-refractivity contribution in [2.75, 3.05) is 13.2 Å². The summed E-state index contributed by atoms with van der Waals surface area (Å²) in [5.74, 6) is 0. The second-order valence-corrected chi connectivity index (χ2v) is 8.11. The van der Waals surface area contributed by atoms with E-state index >= 15 is 0 Å². The van der Waals surface area contributed by atoms with Crippen molar-refractivity contribution < 1.29 is 5.11 Å². The molecule has 0 fully saturated rings. The summed E-state index contributed by atoms with van der Waals surface area (Å²) in [5, 5.41) is 14.3. The van der Waals surface area contributed by atoms with Crippen LogP contribution in [0.1, 0.15) is 41.6 Å². The molecule has 0 saturated heterocycles. The summed E-state index contributed by atoms with van der Waals surface area (Å²) < 4.78 is 0. The second kappa shape index (κ2) is 9.87. The van der Waals surface area contributed by atoms with Gasteiger partial charge in [-0.05, 0) is 79.7 Å². The van der Waals surface area contributed by atoms with E-state index in [2.05, 4.69) is 42.3 Å². The van der Waals surface area contributed by atoms with Gasteiger partial charge in [-0.15, -0.1) is 0 Å². The standard InChI is InChI=1S/C24H29N3O2S/c1-16-12-20-14-21(23(29)26-22(20)13-17(16)2)15-27(10-7-11-28)24(30)25-18(3)19-8-5-4-6-9-19/h4-6,8-9,12-14,18,28H,7,10-11,15H2,1-3H3,(H,25,30)(H,26,29)/t18-/m1/s1. The van der Waals surface area contributed by atoms with E-state index in [0.717, 1.165) is 22.0 Å². The fraction of sp³-hybridized carbons (Fsp3) is 0.333. The van der Waals surface area contributed by atoms with Crippen LogP contribution in [0.4, 0.5) is 0 Å². The third-order valence-electron chi connectivity index (χ3n) is 5.41. The summed E-state index contributed by atoms with van der Waals surface area (Å²) in [5.41, 5.74) is 4.85. The van der Waals surface area contributed by atoms with Crippen LogP contribution in [0.25, 0.3) is 10.9 Å². The number of hydrogen-bond acceptors (Lipinski definition) is 3. The Kier molecular flexibility index (Phi) is 7.24. The zero-order valence-electron chi connectivity index (χ0n) is 17.7. The minimum Gasteiger partial charge on any atom is -0.396 e. The number of aliphatic hydroxyl groups is 1. The van der Waals surface area contributed by atoms with Gasteiger partial charge >= 0.3 is 0 Å². The number of aromatic amines is 1. The molecule has 1 aromatic heterocycles. The van der Waals surface area contributed by atoms with E-state index in [1.54, 1.807) is 0 Å². The van der Waals surface area contributed by atoms with Crippen LogP contribution >= 0.6 is 12.2 Å². The van der Waals surface area contributed by atoms with Gasteiger partial charge in [-0.3, -0.25) is 4.79 Å². The van der Waals surface area contributed by atoms with Crippen molar-refractivity contribution in [3.63, 3.8) is 0 Å². The zero-order chi connectivity index (χ0) is 21.7. The molecule has 0 saturated carbocycles. The van der Waals surface area contributed by atoms with E-state index in [-0.39, 0.29) is 18.2 Å². The molecule has 158 valence electrons. The second-order valence-electron chi connectivity index (χ2n) is 7.73. The number of pyridine rings is 1. The van der Waals surface area contributed by atoms with E-state index in [0.29, 0.717) is 30.2 Å². The summed E-state index contributed by atoms with van der Waals surface area (Å²) in [4.78, 5) is 17.7. The molecule has 3 N–H and O–H groups in total. The fourth-order valence-electron chi connectivity index (χ4n) is 3.46. The van der Waals surface area contributed by atoms with E-state index in [1.807, 2.05) is 42.2 Å². The molecule has 3 aromatic rings. The summed E-state index contributed by atoms with van der Waals surface area (Å²) in [6.07, 6.45) is 0.575.